The molecule has 0 aliphatic rings. The van der Waals surface area contributed by atoms with Crippen LogP contribution in [0.25, 0.3) is 0 Å². The van der Waals surface area contributed by atoms with Crippen molar-refractivity contribution in [1.29, 1.82) is 0 Å². The Morgan fingerprint density at radius 2 is 1.90 bits per heavy atom. The van der Waals surface area contributed by atoms with Crippen molar-refractivity contribution in [3.63, 3.8) is 0 Å². The Kier molecular flexibility index (Phi) is 7.25. The van der Waals surface area contributed by atoms with Crippen molar-refractivity contribution in [3.8, 4) is 5.75 Å². The second kappa shape index (κ2) is 8.97. The summed E-state index contributed by atoms with van der Waals surface area (Å²) in [6, 6.07) is 7.11. The summed E-state index contributed by atoms with van der Waals surface area (Å²) in [6.45, 7) is 5.45. The number of hydrogen-bond donors (Lipinski definition) is 2. The van der Waals surface area contributed by atoms with Gasteiger partial charge in [-0.05, 0) is 26.0 Å². The Morgan fingerprint density at radius 3 is 2.52 bits per heavy atom. The van der Waals surface area contributed by atoms with E-state index in [1.54, 1.807) is 36.3 Å². The third kappa shape index (κ3) is 5.83. The molecule has 1 aromatic rings. The first-order valence-corrected chi connectivity index (χ1v) is 7.03. The van der Waals surface area contributed by atoms with E-state index in [2.05, 4.69) is 10.6 Å². The van der Waals surface area contributed by atoms with Gasteiger partial charge >= 0.3 is 0 Å². The number of ether oxygens (including phenoxy) is 1. The molecule has 0 spiro atoms. The third-order valence-corrected chi connectivity index (χ3v) is 3.03. The van der Waals surface area contributed by atoms with Crippen LogP contribution in [-0.2, 0) is 9.59 Å². The highest BCUT2D eigenvalue weighted by atomic mass is 16.5. The minimum absolute atomic E-state index is 0.00539. The monoisotopic (exact) mass is 293 g/mol. The molecule has 0 heterocycles. The van der Waals surface area contributed by atoms with Crippen molar-refractivity contribution < 1.29 is 14.3 Å². The van der Waals surface area contributed by atoms with E-state index in [4.69, 9.17) is 4.74 Å². The van der Waals surface area contributed by atoms with Crippen LogP contribution in [0.5, 0.6) is 5.75 Å². The number of carbonyl (C=O) groups is 2. The number of anilines is 1. The summed E-state index contributed by atoms with van der Waals surface area (Å²) in [5.74, 6) is 0.474. The number of hydrogen-bond acceptors (Lipinski definition) is 4. The van der Waals surface area contributed by atoms with Crippen LogP contribution >= 0.6 is 0 Å². The average molecular weight is 293 g/mol. The number of benzene rings is 1. The third-order valence-electron chi connectivity index (χ3n) is 3.03. The van der Waals surface area contributed by atoms with Gasteiger partial charge in [0.05, 0.1) is 20.2 Å². The van der Waals surface area contributed by atoms with E-state index in [-0.39, 0.29) is 24.9 Å². The van der Waals surface area contributed by atoms with E-state index >= 15 is 0 Å². The Hall–Kier alpha value is -2.08. The molecule has 6 heteroatoms. The predicted molar refractivity (Wildman–Crippen MR) is 82.4 cm³/mol. The van der Waals surface area contributed by atoms with E-state index in [0.29, 0.717) is 24.5 Å². The fourth-order valence-electron chi connectivity index (χ4n) is 1.88. The molecule has 21 heavy (non-hydrogen) atoms. The minimum Gasteiger partial charge on any atom is -0.497 e. The zero-order valence-corrected chi connectivity index (χ0v) is 12.8. The molecule has 0 saturated carbocycles. The summed E-state index contributed by atoms with van der Waals surface area (Å²) in [5, 5.41) is 5.59. The van der Waals surface area contributed by atoms with Crippen molar-refractivity contribution in [2.24, 2.45) is 0 Å². The van der Waals surface area contributed by atoms with Crippen LogP contribution in [-0.4, -0.2) is 50.0 Å². The molecular formula is C15H23N3O3. The van der Waals surface area contributed by atoms with E-state index < -0.39 is 0 Å². The van der Waals surface area contributed by atoms with Gasteiger partial charge in [0.15, 0.2) is 0 Å². The van der Waals surface area contributed by atoms with Crippen LogP contribution in [0, 0.1) is 0 Å². The maximum Gasteiger partial charge on any atom is 0.238 e. The number of amides is 2. The quantitative estimate of drug-likeness (QED) is 0.753. The topological polar surface area (TPSA) is 70.7 Å². The highest BCUT2D eigenvalue weighted by molar-refractivity contribution is 5.92. The first-order chi connectivity index (χ1) is 10.1. The fourth-order valence-corrected chi connectivity index (χ4v) is 1.88. The lowest BCUT2D eigenvalue weighted by Crippen LogP contribution is -2.40. The molecule has 0 fully saturated rings. The number of rotatable bonds is 8. The van der Waals surface area contributed by atoms with Crippen LogP contribution in [0.15, 0.2) is 24.3 Å². The Balaban J connectivity index is 2.35. The Morgan fingerprint density at radius 1 is 1.19 bits per heavy atom. The molecule has 0 aliphatic heterocycles. The van der Waals surface area contributed by atoms with Gasteiger partial charge < -0.3 is 15.0 Å². The smallest absolute Gasteiger partial charge is 0.238 e. The normalized spacial score (nSPS) is 10.0. The van der Waals surface area contributed by atoms with Crippen molar-refractivity contribution in [2.45, 2.75) is 13.8 Å². The van der Waals surface area contributed by atoms with Crippen molar-refractivity contribution in [3.05, 3.63) is 24.3 Å². The first kappa shape index (κ1) is 17.0. The second-order valence-corrected chi connectivity index (χ2v) is 4.45. The zero-order valence-electron chi connectivity index (χ0n) is 12.8. The lowest BCUT2D eigenvalue weighted by atomic mass is 10.3. The molecule has 0 radical (unpaired) electrons. The molecule has 0 atom stereocenters. The molecule has 0 unspecified atom stereocenters. The Labute approximate surface area is 125 Å². The molecule has 0 bridgehead atoms. The highest BCUT2D eigenvalue weighted by Crippen LogP contribution is 2.16. The van der Waals surface area contributed by atoms with Gasteiger partial charge in [-0.3, -0.25) is 14.9 Å². The maximum absolute atomic E-state index is 11.8. The average Bonchev–Trinajstić information content (AvgIpc) is 2.48. The van der Waals surface area contributed by atoms with Crippen molar-refractivity contribution in [1.82, 2.24) is 10.2 Å². The number of methoxy groups -OCH3 is 1. The Bertz CT molecular complexity index is 473. The molecule has 1 aromatic carbocycles. The summed E-state index contributed by atoms with van der Waals surface area (Å²) in [4.78, 5) is 25.2. The van der Waals surface area contributed by atoms with Gasteiger partial charge in [0.1, 0.15) is 5.75 Å². The molecule has 1 rings (SSSR count). The summed E-state index contributed by atoms with van der Waals surface area (Å²) in [6.07, 6.45) is 0. The molecular weight excluding hydrogens is 270 g/mol. The molecule has 2 amide bonds. The van der Waals surface area contributed by atoms with Crippen LogP contribution in [0.1, 0.15) is 13.8 Å². The van der Waals surface area contributed by atoms with Gasteiger partial charge in [0, 0.05) is 24.8 Å². The summed E-state index contributed by atoms with van der Waals surface area (Å²) in [7, 11) is 1.57. The lowest BCUT2D eigenvalue weighted by Gasteiger charge is -2.18. The highest BCUT2D eigenvalue weighted by Gasteiger charge is 2.09. The SMILES string of the molecule is CCN(CC)C(=O)CNCC(=O)Nc1cccc(OC)c1. The van der Waals surface area contributed by atoms with Crippen LogP contribution in [0.4, 0.5) is 5.69 Å². The van der Waals surface area contributed by atoms with E-state index in [1.165, 1.54) is 0 Å². The van der Waals surface area contributed by atoms with Crippen LogP contribution < -0.4 is 15.4 Å². The number of nitrogens with one attached hydrogen (secondary N) is 2. The lowest BCUT2D eigenvalue weighted by molar-refractivity contribution is -0.129. The van der Waals surface area contributed by atoms with E-state index in [1.807, 2.05) is 13.8 Å². The molecule has 0 aliphatic carbocycles. The van der Waals surface area contributed by atoms with Gasteiger partial charge in [-0.1, -0.05) is 6.07 Å². The zero-order chi connectivity index (χ0) is 15.7. The van der Waals surface area contributed by atoms with Gasteiger partial charge in [0.2, 0.25) is 11.8 Å². The van der Waals surface area contributed by atoms with Crippen LogP contribution in [0.3, 0.4) is 0 Å². The standard InChI is InChI=1S/C15H23N3O3/c1-4-18(5-2)15(20)11-16-10-14(19)17-12-7-6-8-13(9-12)21-3/h6-9,16H,4-5,10-11H2,1-3H3,(H,17,19). The van der Waals surface area contributed by atoms with E-state index in [0.717, 1.165) is 0 Å². The number of carbonyl (C=O) groups excluding carboxylic acids is 2. The van der Waals surface area contributed by atoms with Gasteiger partial charge in [-0.2, -0.15) is 0 Å². The molecule has 6 nitrogen and oxygen atoms in total. The maximum atomic E-state index is 11.8. The second-order valence-electron chi connectivity index (χ2n) is 4.45. The van der Waals surface area contributed by atoms with Gasteiger partial charge in [-0.15, -0.1) is 0 Å². The summed E-state index contributed by atoms with van der Waals surface area (Å²) >= 11 is 0. The predicted octanol–water partition coefficient (Wildman–Crippen LogP) is 1.09. The summed E-state index contributed by atoms with van der Waals surface area (Å²) < 4.78 is 5.08. The molecule has 0 aromatic heterocycles. The molecule has 2 N–H and O–H groups in total. The van der Waals surface area contributed by atoms with Gasteiger partial charge in [-0.25, -0.2) is 0 Å². The minimum atomic E-state index is -0.199. The van der Waals surface area contributed by atoms with Crippen molar-refractivity contribution in [2.75, 3.05) is 38.6 Å². The van der Waals surface area contributed by atoms with E-state index in [9.17, 15) is 9.59 Å². The largest absolute Gasteiger partial charge is 0.497 e. The number of likely N-dealkylation sites (N-methyl/N-ethyl adjacent to an activating group) is 1. The summed E-state index contributed by atoms with van der Waals surface area (Å²) in [5.41, 5.74) is 0.663. The van der Waals surface area contributed by atoms with Gasteiger partial charge in [0.25, 0.3) is 0 Å². The van der Waals surface area contributed by atoms with Crippen molar-refractivity contribution >= 4 is 17.5 Å². The molecule has 116 valence electrons. The number of nitrogens with zero attached hydrogens (tertiary/aromatic N) is 1. The fraction of sp³-hybridized carbons (Fsp3) is 0.467. The molecule has 0 saturated heterocycles. The van der Waals surface area contributed by atoms with Crippen LogP contribution in [0.2, 0.25) is 0 Å². The first-order valence-electron chi connectivity index (χ1n) is 7.03.